The average Bonchev–Trinajstić information content (AvgIpc) is 2.91. The van der Waals surface area contributed by atoms with Gasteiger partial charge in [0, 0.05) is 19.0 Å². The third-order valence-corrected chi connectivity index (χ3v) is 6.96. The molecule has 0 N–H and O–H groups in total. The molecule has 0 saturated carbocycles. The number of hydrogen-bond acceptors (Lipinski definition) is 2. The molecule has 0 spiro atoms. The largest absolute Gasteiger partial charge is 0.243 e. The number of rotatable bonds is 4. The van der Waals surface area contributed by atoms with E-state index in [1.165, 1.54) is 0 Å². The van der Waals surface area contributed by atoms with E-state index in [9.17, 15) is 8.42 Å². The topological polar surface area (TPSA) is 37.4 Å². The molecule has 0 unspecified atom stereocenters. The molecule has 2 aromatic carbocycles. The molecule has 0 amide bonds. The first kappa shape index (κ1) is 17.9. The molecule has 4 heteroatoms. The Morgan fingerprint density at radius 3 is 2.28 bits per heavy atom. The van der Waals surface area contributed by atoms with Crippen LogP contribution in [0.2, 0.25) is 0 Å². The monoisotopic (exact) mass is 355 g/mol. The number of nitrogens with zero attached hydrogens (tertiary/aromatic N) is 1. The highest BCUT2D eigenvalue weighted by Gasteiger charge is 2.45. The maximum Gasteiger partial charge on any atom is 0.243 e. The Kier molecular flexibility index (Phi) is 4.60. The van der Waals surface area contributed by atoms with Crippen LogP contribution in [0.1, 0.15) is 25.0 Å². The van der Waals surface area contributed by atoms with Crippen LogP contribution in [-0.2, 0) is 10.0 Å². The fourth-order valence-corrected chi connectivity index (χ4v) is 5.18. The van der Waals surface area contributed by atoms with Crippen LogP contribution in [0.15, 0.2) is 66.1 Å². The highest BCUT2D eigenvalue weighted by atomic mass is 32.2. The lowest BCUT2D eigenvalue weighted by Gasteiger charge is -2.27. The smallest absolute Gasteiger partial charge is 0.207 e. The first-order chi connectivity index (χ1) is 11.7. The van der Waals surface area contributed by atoms with Gasteiger partial charge in [-0.1, -0.05) is 68.5 Å². The second-order valence-electron chi connectivity index (χ2n) is 7.54. The van der Waals surface area contributed by atoms with E-state index >= 15 is 0 Å². The van der Waals surface area contributed by atoms with Gasteiger partial charge in [0.05, 0.1) is 4.90 Å². The lowest BCUT2D eigenvalue weighted by Crippen LogP contribution is -2.30. The van der Waals surface area contributed by atoms with Crippen LogP contribution >= 0.6 is 0 Å². The van der Waals surface area contributed by atoms with Crippen LogP contribution in [0, 0.1) is 18.3 Å². The van der Waals surface area contributed by atoms with Crippen LogP contribution < -0.4 is 0 Å². The normalized spacial score (nSPS) is 20.5. The second kappa shape index (κ2) is 6.43. The molecular weight excluding hydrogens is 330 g/mol. The zero-order chi connectivity index (χ0) is 18.2. The molecule has 0 radical (unpaired) electrons. The van der Waals surface area contributed by atoms with E-state index in [2.05, 4.69) is 20.4 Å². The zero-order valence-corrected chi connectivity index (χ0v) is 15.9. The molecular formula is C21H25NO2S. The Hall–Kier alpha value is -1.91. The van der Waals surface area contributed by atoms with Gasteiger partial charge in [-0.25, -0.2) is 8.42 Å². The molecule has 0 aromatic heterocycles. The molecule has 1 aliphatic heterocycles. The molecule has 1 saturated heterocycles. The number of sulfonamides is 1. The van der Waals surface area contributed by atoms with Gasteiger partial charge in [0.25, 0.3) is 0 Å². The summed E-state index contributed by atoms with van der Waals surface area (Å²) in [4.78, 5) is 0.361. The number of aryl methyl sites for hydroxylation is 1. The lowest BCUT2D eigenvalue weighted by atomic mass is 9.76. The Bertz CT molecular complexity index is 868. The van der Waals surface area contributed by atoms with Gasteiger partial charge in [-0.3, -0.25) is 0 Å². The van der Waals surface area contributed by atoms with E-state index in [4.69, 9.17) is 0 Å². The molecule has 2 aromatic rings. The van der Waals surface area contributed by atoms with Crippen molar-refractivity contribution in [1.82, 2.24) is 4.31 Å². The Morgan fingerprint density at radius 1 is 1.08 bits per heavy atom. The summed E-state index contributed by atoms with van der Waals surface area (Å²) in [5, 5.41) is 0. The van der Waals surface area contributed by atoms with Gasteiger partial charge in [0.2, 0.25) is 10.0 Å². The summed E-state index contributed by atoms with van der Waals surface area (Å²) >= 11 is 0. The summed E-state index contributed by atoms with van der Waals surface area (Å²) in [6.45, 7) is 11.4. The predicted molar refractivity (Wildman–Crippen MR) is 103 cm³/mol. The van der Waals surface area contributed by atoms with E-state index in [0.717, 1.165) is 16.7 Å². The molecule has 1 aliphatic rings. The third kappa shape index (κ3) is 3.42. The highest BCUT2D eigenvalue weighted by molar-refractivity contribution is 7.89. The van der Waals surface area contributed by atoms with Gasteiger partial charge < -0.3 is 0 Å². The maximum atomic E-state index is 13.0. The van der Waals surface area contributed by atoms with E-state index in [1.807, 2.05) is 49.4 Å². The molecule has 0 aliphatic carbocycles. The molecule has 3 rings (SSSR count). The minimum atomic E-state index is -3.48. The van der Waals surface area contributed by atoms with Crippen molar-refractivity contribution in [2.45, 2.75) is 25.7 Å². The van der Waals surface area contributed by atoms with E-state index in [0.29, 0.717) is 18.0 Å². The molecule has 3 nitrogen and oxygen atoms in total. The van der Waals surface area contributed by atoms with Crippen molar-refractivity contribution in [3.05, 3.63) is 72.3 Å². The molecule has 132 valence electrons. The predicted octanol–water partition coefficient (Wildman–Crippen LogP) is 4.36. The van der Waals surface area contributed by atoms with Gasteiger partial charge >= 0.3 is 0 Å². The van der Waals surface area contributed by atoms with Gasteiger partial charge in [-0.15, -0.1) is 0 Å². The van der Waals surface area contributed by atoms with Gasteiger partial charge in [0.15, 0.2) is 0 Å². The van der Waals surface area contributed by atoms with Crippen molar-refractivity contribution in [2.24, 2.45) is 11.3 Å². The quantitative estimate of drug-likeness (QED) is 0.817. The Labute approximate surface area is 151 Å². The van der Waals surface area contributed by atoms with Gasteiger partial charge in [-0.05, 0) is 35.6 Å². The van der Waals surface area contributed by atoms with Crippen LogP contribution in [0.5, 0.6) is 0 Å². The van der Waals surface area contributed by atoms with Crippen molar-refractivity contribution in [3.63, 3.8) is 0 Å². The van der Waals surface area contributed by atoms with Crippen molar-refractivity contribution in [1.29, 1.82) is 0 Å². The van der Waals surface area contributed by atoms with Crippen molar-refractivity contribution in [2.75, 3.05) is 13.1 Å². The summed E-state index contributed by atoms with van der Waals surface area (Å²) in [7, 11) is -3.48. The SMILES string of the molecule is C=C(c1ccccc1)[C@H]1CN(S(=O)(=O)c2ccc(C)cc2)CC1(C)C. The highest BCUT2D eigenvalue weighted by Crippen LogP contribution is 2.44. The van der Waals surface area contributed by atoms with Crippen LogP contribution in [0.25, 0.3) is 5.57 Å². The molecule has 1 heterocycles. The summed E-state index contributed by atoms with van der Waals surface area (Å²) in [6, 6.07) is 17.1. The minimum Gasteiger partial charge on any atom is -0.207 e. The van der Waals surface area contributed by atoms with Crippen LogP contribution in [0.3, 0.4) is 0 Å². The van der Waals surface area contributed by atoms with Crippen molar-refractivity contribution >= 4 is 15.6 Å². The van der Waals surface area contributed by atoms with E-state index in [-0.39, 0.29) is 11.3 Å². The maximum absolute atomic E-state index is 13.0. The number of hydrogen-bond donors (Lipinski definition) is 0. The zero-order valence-electron chi connectivity index (χ0n) is 15.1. The summed E-state index contributed by atoms with van der Waals surface area (Å²) < 4.78 is 27.7. The summed E-state index contributed by atoms with van der Waals surface area (Å²) in [5.74, 6) is 0.0927. The van der Waals surface area contributed by atoms with Crippen molar-refractivity contribution < 1.29 is 8.42 Å². The van der Waals surface area contributed by atoms with Crippen LogP contribution in [-0.4, -0.2) is 25.8 Å². The first-order valence-corrected chi connectivity index (χ1v) is 9.97. The van der Waals surface area contributed by atoms with Crippen molar-refractivity contribution in [3.8, 4) is 0 Å². The standard InChI is InChI=1S/C21H25NO2S/c1-16-10-12-19(13-11-16)25(23,24)22-14-20(21(3,4)15-22)17(2)18-8-6-5-7-9-18/h5-13,20H,2,14-15H2,1,3-4H3/t20-/m1/s1. The molecule has 1 atom stereocenters. The van der Waals surface area contributed by atoms with E-state index in [1.54, 1.807) is 16.4 Å². The first-order valence-electron chi connectivity index (χ1n) is 8.53. The van der Waals surface area contributed by atoms with Gasteiger partial charge in [-0.2, -0.15) is 4.31 Å². The van der Waals surface area contributed by atoms with Gasteiger partial charge in [0.1, 0.15) is 0 Å². The minimum absolute atomic E-state index is 0.0927. The third-order valence-electron chi connectivity index (χ3n) is 5.14. The molecule has 1 fully saturated rings. The lowest BCUT2D eigenvalue weighted by molar-refractivity contribution is 0.337. The molecule has 0 bridgehead atoms. The second-order valence-corrected chi connectivity index (χ2v) is 9.48. The molecule has 25 heavy (non-hydrogen) atoms. The fraction of sp³-hybridized carbons (Fsp3) is 0.333. The summed E-state index contributed by atoms with van der Waals surface area (Å²) in [6.07, 6.45) is 0. The Morgan fingerprint density at radius 2 is 1.68 bits per heavy atom. The Balaban J connectivity index is 1.89. The fourth-order valence-electron chi connectivity index (χ4n) is 3.56. The number of benzene rings is 2. The van der Waals surface area contributed by atoms with E-state index < -0.39 is 10.0 Å². The summed E-state index contributed by atoms with van der Waals surface area (Å²) in [5.41, 5.74) is 2.98. The average molecular weight is 356 g/mol. The van der Waals surface area contributed by atoms with Crippen LogP contribution in [0.4, 0.5) is 0 Å².